The molecular formula is C11H11F3O3. The summed E-state index contributed by atoms with van der Waals surface area (Å²) in [6, 6.07) is 1.69. The zero-order valence-electron chi connectivity index (χ0n) is 9.30. The van der Waals surface area contributed by atoms with Crippen LogP contribution in [0.4, 0.5) is 13.2 Å². The summed E-state index contributed by atoms with van der Waals surface area (Å²) in [7, 11) is 1.33. The predicted octanol–water partition coefficient (Wildman–Crippen LogP) is 2.81. The van der Waals surface area contributed by atoms with Crippen LogP contribution in [0, 0.1) is 6.92 Å². The average molecular weight is 248 g/mol. The van der Waals surface area contributed by atoms with Gasteiger partial charge < -0.3 is 9.47 Å². The first-order valence-corrected chi connectivity index (χ1v) is 4.69. The van der Waals surface area contributed by atoms with Crippen molar-refractivity contribution in [1.29, 1.82) is 0 Å². The van der Waals surface area contributed by atoms with Gasteiger partial charge in [-0.25, -0.2) is 0 Å². The first-order valence-electron chi connectivity index (χ1n) is 4.69. The number of benzene rings is 1. The van der Waals surface area contributed by atoms with Crippen molar-refractivity contribution >= 4 is 6.29 Å². The maximum atomic E-state index is 12.5. The normalized spacial score (nSPS) is 11.4. The predicted molar refractivity (Wildman–Crippen MR) is 54.1 cm³/mol. The van der Waals surface area contributed by atoms with E-state index in [2.05, 4.69) is 4.74 Å². The lowest BCUT2D eigenvalue weighted by Gasteiger charge is -2.13. The highest BCUT2D eigenvalue weighted by Gasteiger charge is 2.32. The summed E-state index contributed by atoms with van der Waals surface area (Å²) in [6.45, 7) is 1.19. The van der Waals surface area contributed by atoms with Gasteiger partial charge in [-0.3, -0.25) is 4.79 Å². The van der Waals surface area contributed by atoms with Gasteiger partial charge in [0.05, 0.1) is 11.1 Å². The maximum absolute atomic E-state index is 12.5. The van der Waals surface area contributed by atoms with Crippen molar-refractivity contribution in [2.45, 2.75) is 13.1 Å². The van der Waals surface area contributed by atoms with Gasteiger partial charge in [-0.2, -0.15) is 13.2 Å². The number of alkyl halides is 3. The van der Waals surface area contributed by atoms with Gasteiger partial charge in [0, 0.05) is 7.11 Å². The molecule has 0 fully saturated rings. The fourth-order valence-electron chi connectivity index (χ4n) is 1.32. The zero-order valence-corrected chi connectivity index (χ0v) is 9.30. The number of hydrogen-bond acceptors (Lipinski definition) is 3. The minimum Gasteiger partial charge on any atom is -0.467 e. The second-order valence-electron chi connectivity index (χ2n) is 3.37. The van der Waals surface area contributed by atoms with E-state index in [4.69, 9.17) is 4.74 Å². The van der Waals surface area contributed by atoms with Gasteiger partial charge in [0.2, 0.25) is 0 Å². The minimum atomic E-state index is -4.47. The molecule has 0 N–H and O–H groups in total. The lowest BCUT2D eigenvalue weighted by atomic mass is 10.0. The van der Waals surface area contributed by atoms with Crippen LogP contribution in [0.15, 0.2) is 12.1 Å². The van der Waals surface area contributed by atoms with Crippen molar-refractivity contribution in [2.24, 2.45) is 0 Å². The van der Waals surface area contributed by atoms with E-state index in [9.17, 15) is 18.0 Å². The van der Waals surface area contributed by atoms with Gasteiger partial charge in [0.15, 0.2) is 13.1 Å². The molecule has 0 aliphatic heterocycles. The summed E-state index contributed by atoms with van der Waals surface area (Å²) in [5, 5.41) is 0. The van der Waals surface area contributed by atoms with E-state index in [1.807, 2.05) is 0 Å². The van der Waals surface area contributed by atoms with E-state index < -0.39 is 11.7 Å². The van der Waals surface area contributed by atoms with E-state index >= 15 is 0 Å². The summed E-state index contributed by atoms with van der Waals surface area (Å²) in [5.74, 6) is -0.130. The maximum Gasteiger partial charge on any atom is 0.416 e. The first-order chi connectivity index (χ1) is 7.90. The molecule has 0 heterocycles. The van der Waals surface area contributed by atoms with Crippen LogP contribution in [0.25, 0.3) is 0 Å². The molecule has 0 unspecified atom stereocenters. The Morgan fingerprint density at radius 1 is 1.35 bits per heavy atom. The van der Waals surface area contributed by atoms with Crippen LogP contribution >= 0.6 is 0 Å². The Kier molecular flexibility index (Phi) is 4.11. The van der Waals surface area contributed by atoms with Crippen LogP contribution in [0.1, 0.15) is 21.5 Å². The van der Waals surface area contributed by atoms with Crippen molar-refractivity contribution in [3.8, 4) is 5.75 Å². The molecule has 0 aliphatic carbocycles. The molecule has 6 heteroatoms. The van der Waals surface area contributed by atoms with E-state index in [0.717, 1.165) is 12.1 Å². The molecule has 0 bridgehead atoms. The number of hydrogen-bond donors (Lipinski definition) is 0. The number of aryl methyl sites for hydroxylation is 1. The number of carbonyl (C=O) groups is 1. The summed E-state index contributed by atoms with van der Waals surface area (Å²) >= 11 is 0. The Hall–Kier alpha value is -1.56. The van der Waals surface area contributed by atoms with Gasteiger partial charge in [0.1, 0.15) is 5.75 Å². The number of methoxy groups -OCH3 is 1. The topological polar surface area (TPSA) is 35.5 Å². The molecule has 3 nitrogen and oxygen atoms in total. The smallest absolute Gasteiger partial charge is 0.416 e. The Balaban J connectivity index is 3.23. The molecule has 0 aliphatic rings. The van der Waals surface area contributed by atoms with E-state index in [0.29, 0.717) is 6.29 Å². The van der Waals surface area contributed by atoms with E-state index in [1.54, 1.807) is 0 Å². The quantitative estimate of drug-likeness (QED) is 0.607. The molecule has 0 aromatic heterocycles. The van der Waals surface area contributed by atoms with E-state index in [1.165, 1.54) is 14.0 Å². The molecule has 17 heavy (non-hydrogen) atoms. The largest absolute Gasteiger partial charge is 0.467 e. The fraction of sp³-hybridized carbons (Fsp3) is 0.364. The van der Waals surface area contributed by atoms with Crippen LogP contribution in [-0.2, 0) is 10.9 Å². The standard InChI is InChI=1S/C11H11F3O3/c1-7-3-8(11(12,13)14)4-10(9(7)5-15)17-6-16-2/h3-5H,6H2,1-2H3. The summed E-state index contributed by atoms with van der Waals surface area (Å²) in [6.07, 6.45) is -4.02. The Labute approximate surface area is 96.1 Å². The van der Waals surface area contributed by atoms with Crippen LogP contribution < -0.4 is 4.74 Å². The van der Waals surface area contributed by atoms with Gasteiger partial charge in [0.25, 0.3) is 0 Å². The molecule has 0 radical (unpaired) electrons. The molecule has 0 saturated carbocycles. The highest BCUT2D eigenvalue weighted by Crippen LogP contribution is 2.34. The third-order valence-corrected chi connectivity index (χ3v) is 2.13. The Morgan fingerprint density at radius 3 is 2.47 bits per heavy atom. The van der Waals surface area contributed by atoms with Crippen LogP contribution in [-0.4, -0.2) is 20.2 Å². The van der Waals surface area contributed by atoms with Crippen LogP contribution in [0.5, 0.6) is 5.75 Å². The second kappa shape index (κ2) is 5.18. The van der Waals surface area contributed by atoms with Crippen molar-refractivity contribution in [3.63, 3.8) is 0 Å². The average Bonchev–Trinajstić information content (AvgIpc) is 2.24. The number of halogens is 3. The molecule has 1 aromatic carbocycles. The molecule has 1 rings (SSSR count). The number of rotatable bonds is 4. The van der Waals surface area contributed by atoms with Gasteiger partial charge in [-0.15, -0.1) is 0 Å². The number of aldehydes is 1. The summed E-state index contributed by atoms with van der Waals surface area (Å²) in [5.41, 5.74) is -0.553. The van der Waals surface area contributed by atoms with Gasteiger partial charge in [-0.1, -0.05) is 0 Å². The highest BCUT2D eigenvalue weighted by molar-refractivity contribution is 5.82. The van der Waals surface area contributed by atoms with E-state index in [-0.39, 0.29) is 23.7 Å². The third-order valence-electron chi connectivity index (χ3n) is 2.13. The molecule has 0 atom stereocenters. The Bertz CT molecular complexity index is 413. The fourth-order valence-corrected chi connectivity index (χ4v) is 1.32. The molecule has 94 valence electrons. The molecular weight excluding hydrogens is 237 g/mol. The van der Waals surface area contributed by atoms with Crippen molar-refractivity contribution < 1.29 is 27.4 Å². The minimum absolute atomic E-state index is 0.0926. The van der Waals surface area contributed by atoms with Crippen LogP contribution in [0.2, 0.25) is 0 Å². The SMILES string of the molecule is COCOc1cc(C(F)(F)F)cc(C)c1C=O. The van der Waals surface area contributed by atoms with Crippen molar-refractivity contribution in [3.05, 3.63) is 28.8 Å². The summed E-state index contributed by atoms with van der Waals surface area (Å²) in [4.78, 5) is 10.8. The Morgan fingerprint density at radius 2 is 2.00 bits per heavy atom. The molecule has 1 aromatic rings. The first kappa shape index (κ1) is 13.5. The third kappa shape index (κ3) is 3.20. The molecule has 0 saturated heterocycles. The van der Waals surface area contributed by atoms with Gasteiger partial charge >= 0.3 is 6.18 Å². The highest BCUT2D eigenvalue weighted by atomic mass is 19.4. The number of carbonyl (C=O) groups excluding carboxylic acids is 1. The molecule has 0 amide bonds. The number of ether oxygens (including phenoxy) is 2. The van der Waals surface area contributed by atoms with Crippen molar-refractivity contribution in [2.75, 3.05) is 13.9 Å². The van der Waals surface area contributed by atoms with Gasteiger partial charge in [-0.05, 0) is 24.6 Å². The van der Waals surface area contributed by atoms with Crippen LogP contribution in [0.3, 0.4) is 0 Å². The lowest BCUT2D eigenvalue weighted by molar-refractivity contribution is -0.137. The zero-order chi connectivity index (χ0) is 13.1. The lowest BCUT2D eigenvalue weighted by Crippen LogP contribution is -2.09. The summed E-state index contributed by atoms with van der Waals surface area (Å²) < 4.78 is 47.1. The second-order valence-corrected chi connectivity index (χ2v) is 3.37. The monoisotopic (exact) mass is 248 g/mol. The van der Waals surface area contributed by atoms with Crippen molar-refractivity contribution in [1.82, 2.24) is 0 Å². The molecule has 0 spiro atoms.